The number of aryl methyl sites for hydroxylation is 1. The maximum atomic E-state index is 5.84. The van der Waals surface area contributed by atoms with Crippen LogP contribution in [0.4, 0.5) is 0 Å². The fourth-order valence-electron chi connectivity index (χ4n) is 1.47. The molecule has 0 fully saturated rings. The maximum absolute atomic E-state index is 5.84. The van der Waals surface area contributed by atoms with Crippen LogP contribution >= 0.6 is 0 Å². The Morgan fingerprint density at radius 1 is 1.21 bits per heavy atom. The van der Waals surface area contributed by atoms with Gasteiger partial charge < -0.3 is 5.73 Å². The number of hydrogen-bond acceptors (Lipinski definition) is 2. The van der Waals surface area contributed by atoms with Crippen LogP contribution in [0.2, 0.25) is 0 Å². The van der Waals surface area contributed by atoms with Crippen molar-refractivity contribution in [2.45, 2.75) is 19.4 Å². The van der Waals surface area contributed by atoms with Gasteiger partial charge in [-0.3, -0.25) is 4.90 Å². The molecule has 0 amide bonds. The maximum Gasteiger partial charge on any atom is 0.0550 e. The zero-order chi connectivity index (χ0) is 10.8. The molecule has 1 rings (SSSR count). The largest absolute Gasteiger partial charge is 0.328 e. The minimum atomic E-state index is -0.0618. The summed E-state index contributed by atoms with van der Waals surface area (Å²) in [7, 11) is 4.12. The van der Waals surface area contributed by atoms with Crippen molar-refractivity contribution in [1.82, 2.24) is 4.90 Å². The number of nitrogens with two attached hydrogens (primary N) is 1. The molecule has 0 radical (unpaired) electrons. The number of rotatable bonds is 3. The van der Waals surface area contributed by atoms with Crippen molar-refractivity contribution < 1.29 is 0 Å². The molecule has 0 aromatic heterocycles. The van der Waals surface area contributed by atoms with Gasteiger partial charge >= 0.3 is 0 Å². The summed E-state index contributed by atoms with van der Waals surface area (Å²) in [6.45, 7) is 4.89. The summed E-state index contributed by atoms with van der Waals surface area (Å²) in [5, 5.41) is 0. The van der Waals surface area contributed by atoms with Crippen LogP contribution in [-0.4, -0.2) is 25.5 Å². The zero-order valence-electron chi connectivity index (χ0n) is 9.54. The summed E-state index contributed by atoms with van der Waals surface area (Å²) in [6.07, 6.45) is 0. The van der Waals surface area contributed by atoms with Gasteiger partial charge in [0.05, 0.1) is 5.54 Å². The highest BCUT2D eigenvalue weighted by atomic mass is 15.1. The molecule has 0 saturated carbocycles. The van der Waals surface area contributed by atoms with Crippen LogP contribution in [0.1, 0.15) is 18.1 Å². The smallest absolute Gasteiger partial charge is 0.0550 e. The second-order valence-corrected chi connectivity index (χ2v) is 4.24. The van der Waals surface area contributed by atoms with Crippen LogP contribution in [0.3, 0.4) is 0 Å². The molecule has 0 aliphatic rings. The first kappa shape index (κ1) is 11.2. The molecule has 1 unspecified atom stereocenters. The summed E-state index contributed by atoms with van der Waals surface area (Å²) in [6, 6.07) is 8.57. The van der Waals surface area contributed by atoms with Gasteiger partial charge in [0.25, 0.3) is 0 Å². The van der Waals surface area contributed by atoms with E-state index in [-0.39, 0.29) is 5.54 Å². The van der Waals surface area contributed by atoms with Gasteiger partial charge in [-0.05, 0) is 33.5 Å². The Labute approximate surface area is 86.7 Å². The number of nitrogens with zero attached hydrogens (tertiary/aromatic N) is 1. The van der Waals surface area contributed by atoms with Crippen molar-refractivity contribution >= 4 is 0 Å². The van der Waals surface area contributed by atoms with E-state index in [2.05, 4.69) is 57.1 Å². The summed E-state index contributed by atoms with van der Waals surface area (Å²) in [5.74, 6) is 0. The highest BCUT2D eigenvalue weighted by Crippen LogP contribution is 2.24. The molecule has 1 atom stereocenters. The van der Waals surface area contributed by atoms with Gasteiger partial charge in [0.1, 0.15) is 0 Å². The van der Waals surface area contributed by atoms with Gasteiger partial charge in [-0.15, -0.1) is 0 Å². The van der Waals surface area contributed by atoms with E-state index in [1.54, 1.807) is 0 Å². The molecule has 0 aliphatic carbocycles. The van der Waals surface area contributed by atoms with Gasteiger partial charge in [0.15, 0.2) is 0 Å². The number of benzene rings is 1. The van der Waals surface area contributed by atoms with E-state index >= 15 is 0 Å². The lowest BCUT2D eigenvalue weighted by molar-refractivity contribution is 0.183. The molecule has 1 aromatic rings. The molecule has 2 heteroatoms. The topological polar surface area (TPSA) is 29.3 Å². The average molecular weight is 192 g/mol. The molecular weight excluding hydrogens is 172 g/mol. The van der Waals surface area contributed by atoms with E-state index < -0.39 is 0 Å². The molecule has 2 nitrogen and oxygen atoms in total. The van der Waals surface area contributed by atoms with E-state index in [4.69, 9.17) is 5.73 Å². The van der Waals surface area contributed by atoms with Gasteiger partial charge in [0, 0.05) is 6.54 Å². The highest BCUT2D eigenvalue weighted by Gasteiger charge is 2.26. The summed E-state index contributed by atoms with van der Waals surface area (Å²) in [5.41, 5.74) is 8.33. The Kier molecular flexibility index (Phi) is 3.29. The molecule has 1 aromatic carbocycles. The standard InChI is InChI=1S/C12H20N2/c1-10-5-7-11(8-6-10)12(2,9-13)14(3)4/h5-8H,9,13H2,1-4H3. The predicted molar refractivity (Wildman–Crippen MR) is 61.3 cm³/mol. The molecule has 0 bridgehead atoms. The first-order valence-electron chi connectivity index (χ1n) is 4.95. The second-order valence-electron chi connectivity index (χ2n) is 4.24. The van der Waals surface area contributed by atoms with Crippen LogP contribution in [-0.2, 0) is 5.54 Å². The van der Waals surface area contributed by atoms with Gasteiger partial charge in [-0.1, -0.05) is 29.8 Å². The minimum absolute atomic E-state index is 0.0618. The summed E-state index contributed by atoms with van der Waals surface area (Å²) < 4.78 is 0. The van der Waals surface area contributed by atoms with Crippen molar-refractivity contribution in [3.63, 3.8) is 0 Å². The molecule has 0 aliphatic heterocycles. The fraction of sp³-hybridized carbons (Fsp3) is 0.500. The Balaban J connectivity index is 3.06. The molecule has 14 heavy (non-hydrogen) atoms. The predicted octanol–water partition coefficient (Wildman–Crippen LogP) is 1.73. The van der Waals surface area contributed by atoms with Gasteiger partial charge in [-0.25, -0.2) is 0 Å². The highest BCUT2D eigenvalue weighted by molar-refractivity contribution is 5.27. The number of hydrogen-bond donors (Lipinski definition) is 1. The third kappa shape index (κ3) is 1.97. The molecular formula is C12H20N2. The molecule has 2 N–H and O–H groups in total. The number of likely N-dealkylation sites (N-methyl/N-ethyl adjacent to an activating group) is 1. The quantitative estimate of drug-likeness (QED) is 0.790. The first-order chi connectivity index (χ1) is 6.50. The lowest BCUT2D eigenvalue weighted by Gasteiger charge is -2.36. The molecule has 0 spiro atoms. The zero-order valence-corrected chi connectivity index (χ0v) is 9.54. The van der Waals surface area contributed by atoms with Gasteiger partial charge in [-0.2, -0.15) is 0 Å². The van der Waals surface area contributed by atoms with Crippen molar-refractivity contribution in [1.29, 1.82) is 0 Å². The lowest BCUT2D eigenvalue weighted by atomic mass is 9.90. The van der Waals surface area contributed by atoms with E-state index in [9.17, 15) is 0 Å². The first-order valence-corrected chi connectivity index (χ1v) is 4.95. The molecule has 0 saturated heterocycles. The second kappa shape index (κ2) is 4.11. The monoisotopic (exact) mass is 192 g/mol. The summed E-state index contributed by atoms with van der Waals surface area (Å²) >= 11 is 0. The lowest BCUT2D eigenvalue weighted by Crippen LogP contribution is -2.44. The minimum Gasteiger partial charge on any atom is -0.328 e. The summed E-state index contributed by atoms with van der Waals surface area (Å²) in [4.78, 5) is 2.16. The van der Waals surface area contributed by atoms with Crippen LogP contribution in [0.5, 0.6) is 0 Å². The van der Waals surface area contributed by atoms with Crippen LogP contribution in [0.25, 0.3) is 0 Å². The molecule has 78 valence electrons. The third-order valence-corrected chi connectivity index (χ3v) is 3.06. The van der Waals surface area contributed by atoms with Crippen molar-refractivity contribution in [3.8, 4) is 0 Å². The fourth-order valence-corrected chi connectivity index (χ4v) is 1.47. The SMILES string of the molecule is Cc1ccc(C(C)(CN)N(C)C)cc1. The van der Waals surface area contributed by atoms with E-state index in [1.165, 1.54) is 11.1 Å². The van der Waals surface area contributed by atoms with Crippen molar-refractivity contribution in [2.75, 3.05) is 20.6 Å². The average Bonchev–Trinajstić information content (AvgIpc) is 2.17. The van der Waals surface area contributed by atoms with Crippen LogP contribution in [0.15, 0.2) is 24.3 Å². The Hall–Kier alpha value is -0.860. The van der Waals surface area contributed by atoms with Crippen LogP contribution in [0, 0.1) is 6.92 Å². The van der Waals surface area contributed by atoms with E-state index in [0.717, 1.165) is 0 Å². The Morgan fingerprint density at radius 2 is 1.71 bits per heavy atom. The molecule has 0 heterocycles. The van der Waals surface area contributed by atoms with Crippen LogP contribution < -0.4 is 5.73 Å². The van der Waals surface area contributed by atoms with Crippen molar-refractivity contribution in [3.05, 3.63) is 35.4 Å². The normalized spacial score (nSPS) is 15.6. The third-order valence-electron chi connectivity index (χ3n) is 3.06. The Bertz CT molecular complexity index is 290. The van der Waals surface area contributed by atoms with E-state index in [0.29, 0.717) is 6.54 Å². The Morgan fingerprint density at radius 3 is 2.07 bits per heavy atom. The van der Waals surface area contributed by atoms with E-state index in [1.807, 2.05) is 0 Å². The van der Waals surface area contributed by atoms with Crippen molar-refractivity contribution in [2.24, 2.45) is 5.73 Å². The van der Waals surface area contributed by atoms with Gasteiger partial charge in [0.2, 0.25) is 0 Å².